The molecule has 1 aliphatic rings. The predicted molar refractivity (Wildman–Crippen MR) is 100 cm³/mol. The van der Waals surface area contributed by atoms with Crippen LogP contribution in [-0.4, -0.2) is 24.0 Å². The Labute approximate surface area is 155 Å². The Hall–Kier alpha value is -3.06. The fraction of sp³-hybridized carbons (Fsp3) is 0.105. The standard InChI is InChI=1S/C19H15FN2O3S/c1-11-9-12(7-8-16(11)25-2)10-13-17(23)21-19(26)22(18(13)24)15-6-4-3-5-14(15)20/h3-10H,1-2H3,(H,21,23,26)/b13-10+. The highest BCUT2D eigenvalue weighted by atomic mass is 32.1. The Morgan fingerprint density at radius 1 is 1.19 bits per heavy atom. The third-order valence-corrected chi connectivity index (χ3v) is 4.21. The zero-order valence-electron chi connectivity index (χ0n) is 14.1. The molecule has 1 saturated heterocycles. The van der Waals surface area contributed by atoms with Gasteiger partial charge in [0.15, 0.2) is 5.11 Å². The molecule has 0 spiro atoms. The van der Waals surface area contributed by atoms with Gasteiger partial charge in [-0.05, 0) is 60.6 Å². The number of rotatable bonds is 3. The number of hydrogen-bond acceptors (Lipinski definition) is 4. The fourth-order valence-corrected chi connectivity index (χ4v) is 2.94. The van der Waals surface area contributed by atoms with Gasteiger partial charge in [-0.2, -0.15) is 0 Å². The number of nitrogens with zero attached hydrogens (tertiary/aromatic N) is 1. The van der Waals surface area contributed by atoms with Gasteiger partial charge in [-0.15, -0.1) is 0 Å². The van der Waals surface area contributed by atoms with E-state index in [-0.39, 0.29) is 16.4 Å². The molecule has 1 aliphatic heterocycles. The maximum Gasteiger partial charge on any atom is 0.270 e. The predicted octanol–water partition coefficient (Wildman–Crippen LogP) is 2.97. The minimum atomic E-state index is -0.683. The van der Waals surface area contributed by atoms with Crippen LogP contribution < -0.4 is 15.0 Å². The first kappa shape index (κ1) is 17.8. The summed E-state index contributed by atoms with van der Waals surface area (Å²) in [5, 5.41) is 2.27. The highest BCUT2D eigenvalue weighted by molar-refractivity contribution is 7.80. The first-order valence-electron chi connectivity index (χ1n) is 7.73. The van der Waals surface area contributed by atoms with Crippen LogP contribution in [0.2, 0.25) is 0 Å². The van der Waals surface area contributed by atoms with Crippen LogP contribution in [0.4, 0.5) is 10.1 Å². The number of benzene rings is 2. The number of carbonyl (C=O) groups is 2. The Morgan fingerprint density at radius 3 is 2.58 bits per heavy atom. The van der Waals surface area contributed by atoms with E-state index in [9.17, 15) is 14.0 Å². The smallest absolute Gasteiger partial charge is 0.270 e. The number of para-hydroxylation sites is 1. The average Bonchev–Trinajstić information content (AvgIpc) is 2.60. The number of carbonyl (C=O) groups excluding carboxylic acids is 2. The van der Waals surface area contributed by atoms with Crippen molar-refractivity contribution in [2.24, 2.45) is 0 Å². The largest absolute Gasteiger partial charge is 0.496 e. The molecule has 132 valence electrons. The van der Waals surface area contributed by atoms with Gasteiger partial charge in [0.2, 0.25) is 0 Å². The first-order valence-corrected chi connectivity index (χ1v) is 8.14. The van der Waals surface area contributed by atoms with Crippen LogP contribution in [0.15, 0.2) is 48.0 Å². The minimum absolute atomic E-state index is 0.0145. The van der Waals surface area contributed by atoms with Crippen molar-refractivity contribution in [3.63, 3.8) is 0 Å². The Kier molecular flexibility index (Phi) is 4.81. The Balaban J connectivity index is 2.03. The molecule has 1 heterocycles. The Morgan fingerprint density at radius 2 is 1.92 bits per heavy atom. The van der Waals surface area contributed by atoms with Gasteiger partial charge in [-0.25, -0.2) is 9.29 Å². The van der Waals surface area contributed by atoms with E-state index in [1.807, 2.05) is 6.92 Å². The molecule has 2 amide bonds. The molecule has 3 rings (SSSR count). The van der Waals surface area contributed by atoms with Gasteiger partial charge >= 0.3 is 0 Å². The highest BCUT2D eigenvalue weighted by Crippen LogP contribution is 2.25. The monoisotopic (exact) mass is 370 g/mol. The van der Waals surface area contributed by atoms with Gasteiger partial charge < -0.3 is 4.74 Å². The summed E-state index contributed by atoms with van der Waals surface area (Å²) >= 11 is 5.06. The molecule has 0 aromatic heterocycles. The Bertz CT molecular complexity index is 956. The third kappa shape index (κ3) is 3.21. The summed E-state index contributed by atoms with van der Waals surface area (Å²) in [6.45, 7) is 1.85. The topological polar surface area (TPSA) is 58.6 Å². The van der Waals surface area contributed by atoms with Crippen LogP contribution >= 0.6 is 12.2 Å². The summed E-state index contributed by atoms with van der Waals surface area (Å²) in [5.74, 6) is -1.22. The van der Waals surface area contributed by atoms with E-state index in [4.69, 9.17) is 17.0 Å². The van der Waals surface area contributed by atoms with Gasteiger partial charge in [0.25, 0.3) is 11.8 Å². The lowest BCUT2D eigenvalue weighted by Crippen LogP contribution is -2.54. The number of hydrogen-bond donors (Lipinski definition) is 1. The maximum absolute atomic E-state index is 14.1. The van der Waals surface area contributed by atoms with Crippen LogP contribution in [0.5, 0.6) is 5.75 Å². The number of methoxy groups -OCH3 is 1. The zero-order valence-corrected chi connectivity index (χ0v) is 14.9. The molecule has 2 aromatic carbocycles. The molecule has 5 nitrogen and oxygen atoms in total. The summed E-state index contributed by atoms with van der Waals surface area (Å²) in [4.78, 5) is 26.1. The summed E-state index contributed by atoms with van der Waals surface area (Å²) in [5.41, 5.74) is 1.35. The molecule has 1 N–H and O–H groups in total. The van der Waals surface area contributed by atoms with Gasteiger partial charge in [0.05, 0.1) is 12.8 Å². The second-order valence-corrected chi connectivity index (χ2v) is 6.03. The van der Waals surface area contributed by atoms with Crippen LogP contribution in [-0.2, 0) is 9.59 Å². The molecule has 0 saturated carbocycles. The molecule has 2 aromatic rings. The van der Waals surface area contributed by atoms with Crippen LogP contribution in [0, 0.1) is 12.7 Å². The van der Waals surface area contributed by atoms with Gasteiger partial charge in [-0.1, -0.05) is 18.2 Å². The molecule has 0 aliphatic carbocycles. The van der Waals surface area contributed by atoms with E-state index in [0.717, 1.165) is 10.5 Å². The van der Waals surface area contributed by atoms with E-state index in [1.165, 1.54) is 24.3 Å². The number of anilines is 1. The summed E-state index contributed by atoms with van der Waals surface area (Å²) in [7, 11) is 1.56. The van der Waals surface area contributed by atoms with Crippen molar-refractivity contribution in [2.45, 2.75) is 6.92 Å². The van der Waals surface area contributed by atoms with Crippen molar-refractivity contribution in [2.75, 3.05) is 12.0 Å². The quantitative estimate of drug-likeness (QED) is 0.513. The van der Waals surface area contributed by atoms with Crippen molar-refractivity contribution in [3.05, 3.63) is 65.0 Å². The molecule has 26 heavy (non-hydrogen) atoms. The highest BCUT2D eigenvalue weighted by Gasteiger charge is 2.35. The molecule has 7 heteroatoms. The van der Waals surface area contributed by atoms with Crippen LogP contribution in [0.25, 0.3) is 6.08 Å². The van der Waals surface area contributed by atoms with E-state index in [1.54, 1.807) is 31.4 Å². The SMILES string of the molecule is COc1ccc(/C=C2\C(=O)NC(=S)N(c3ccccc3F)C2=O)cc1C. The number of halogens is 1. The van der Waals surface area contributed by atoms with Gasteiger partial charge in [0, 0.05) is 0 Å². The number of nitrogens with one attached hydrogen (secondary N) is 1. The van der Waals surface area contributed by atoms with Crippen molar-refractivity contribution < 1.29 is 18.7 Å². The van der Waals surface area contributed by atoms with E-state index in [0.29, 0.717) is 11.3 Å². The lowest BCUT2D eigenvalue weighted by Gasteiger charge is -2.29. The van der Waals surface area contributed by atoms with Crippen molar-refractivity contribution in [3.8, 4) is 5.75 Å². The van der Waals surface area contributed by atoms with E-state index < -0.39 is 17.6 Å². The summed E-state index contributed by atoms with van der Waals surface area (Å²) in [6, 6.07) is 11.0. The summed E-state index contributed by atoms with van der Waals surface area (Å²) < 4.78 is 19.3. The van der Waals surface area contributed by atoms with Crippen LogP contribution in [0.1, 0.15) is 11.1 Å². The molecule has 0 unspecified atom stereocenters. The number of amides is 2. The van der Waals surface area contributed by atoms with E-state index in [2.05, 4.69) is 5.32 Å². The number of aryl methyl sites for hydroxylation is 1. The number of thiocarbonyl (C=S) groups is 1. The van der Waals surface area contributed by atoms with Crippen molar-refractivity contribution >= 4 is 40.9 Å². The summed E-state index contributed by atoms with van der Waals surface area (Å²) in [6.07, 6.45) is 1.44. The second kappa shape index (κ2) is 7.05. The first-order chi connectivity index (χ1) is 12.4. The fourth-order valence-electron chi connectivity index (χ4n) is 2.67. The molecule has 0 bridgehead atoms. The van der Waals surface area contributed by atoms with Crippen LogP contribution in [0.3, 0.4) is 0 Å². The zero-order chi connectivity index (χ0) is 18.8. The van der Waals surface area contributed by atoms with E-state index >= 15 is 0 Å². The molecule has 0 radical (unpaired) electrons. The molecular weight excluding hydrogens is 355 g/mol. The lowest BCUT2D eigenvalue weighted by molar-refractivity contribution is -0.122. The van der Waals surface area contributed by atoms with Gasteiger partial charge in [0.1, 0.15) is 17.1 Å². The molecule has 0 atom stereocenters. The minimum Gasteiger partial charge on any atom is -0.496 e. The lowest BCUT2D eigenvalue weighted by atomic mass is 10.0. The number of ether oxygens (including phenoxy) is 1. The van der Waals surface area contributed by atoms with Crippen molar-refractivity contribution in [1.29, 1.82) is 0 Å². The maximum atomic E-state index is 14.1. The molecular formula is C19H15FN2O3S. The molecule has 1 fully saturated rings. The third-order valence-electron chi connectivity index (χ3n) is 3.92. The average molecular weight is 370 g/mol. The van der Waals surface area contributed by atoms with Crippen molar-refractivity contribution in [1.82, 2.24) is 5.32 Å². The normalized spacial score (nSPS) is 16.0. The van der Waals surface area contributed by atoms with Gasteiger partial charge in [-0.3, -0.25) is 14.9 Å². The second-order valence-electron chi connectivity index (χ2n) is 5.64.